The molecule has 2 N–H and O–H groups in total. The highest BCUT2D eigenvalue weighted by Crippen LogP contribution is 2.27. The molecule has 8 nitrogen and oxygen atoms in total. The molecule has 1 aliphatic rings. The van der Waals surface area contributed by atoms with E-state index in [9.17, 15) is 4.79 Å². The summed E-state index contributed by atoms with van der Waals surface area (Å²) < 4.78 is 7.31. The third-order valence-corrected chi connectivity index (χ3v) is 4.63. The van der Waals surface area contributed by atoms with Crippen molar-refractivity contribution in [2.24, 2.45) is 0 Å². The van der Waals surface area contributed by atoms with Gasteiger partial charge in [0, 0.05) is 6.54 Å². The van der Waals surface area contributed by atoms with E-state index < -0.39 is 0 Å². The van der Waals surface area contributed by atoms with Gasteiger partial charge in [-0.2, -0.15) is 0 Å². The summed E-state index contributed by atoms with van der Waals surface area (Å²) in [5.74, 6) is 1.15. The Balaban J connectivity index is 1.51. The fraction of sp³-hybridized carbons (Fsp3) is 0.588. The van der Waals surface area contributed by atoms with Crippen LogP contribution in [-0.4, -0.2) is 46.3 Å². The molecule has 25 heavy (non-hydrogen) atoms. The highest BCUT2D eigenvalue weighted by molar-refractivity contribution is 5.87. The molecule has 2 aromatic rings. The van der Waals surface area contributed by atoms with Gasteiger partial charge < -0.3 is 9.73 Å². The van der Waals surface area contributed by atoms with Crippen molar-refractivity contribution in [3.05, 3.63) is 30.5 Å². The monoisotopic (exact) mass is 346 g/mol. The Bertz CT molecular complexity index is 660. The number of likely N-dealkylation sites (N-methyl/N-ethyl adjacent to an activating group) is 1. The Morgan fingerprint density at radius 2 is 2.20 bits per heavy atom. The molecule has 2 aromatic heterocycles. The fourth-order valence-electron chi connectivity index (χ4n) is 3.21. The predicted octanol–water partition coefficient (Wildman–Crippen LogP) is 2.80. The summed E-state index contributed by atoms with van der Waals surface area (Å²) in [5.41, 5.74) is 0. The maximum Gasteiger partial charge on any atom is 0.321 e. The van der Waals surface area contributed by atoms with Gasteiger partial charge in [0.15, 0.2) is 0 Å². The molecule has 0 aliphatic heterocycles. The van der Waals surface area contributed by atoms with Gasteiger partial charge in [0.2, 0.25) is 5.95 Å². The second-order valence-electron chi connectivity index (χ2n) is 6.67. The lowest BCUT2D eigenvalue weighted by molar-refractivity contribution is 0.233. The summed E-state index contributed by atoms with van der Waals surface area (Å²) in [6.45, 7) is 0.426. The molecule has 0 aromatic carbocycles. The number of urea groups is 1. The van der Waals surface area contributed by atoms with Crippen LogP contribution in [-0.2, 0) is 0 Å². The van der Waals surface area contributed by atoms with E-state index in [1.807, 2.05) is 35.8 Å². The molecule has 8 heteroatoms. The van der Waals surface area contributed by atoms with E-state index in [0.29, 0.717) is 18.5 Å². The first-order valence-electron chi connectivity index (χ1n) is 8.79. The molecule has 136 valence electrons. The van der Waals surface area contributed by atoms with E-state index in [1.165, 1.54) is 19.3 Å². The Morgan fingerprint density at radius 3 is 2.88 bits per heavy atom. The Kier molecular flexibility index (Phi) is 5.70. The van der Waals surface area contributed by atoms with Gasteiger partial charge >= 0.3 is 6.03 Å². The van der Waals surface area contributed by atoms with Crippen LogP contribution in [0, 0.1) is 0 Å². The van der Waals surface area contributed by atoms with Gasteiger partial charge in [0.25, 0.3) is 0 Å². The average molecular weight is 346 g/mol. The van der Waals surface area contributed by atoms with Gasteiger partial charge in [-0.1, -0.05) is 19.3 Å². The van der Waals surface area contributed by atoms with Crippen molar-refractivity contribution < 1.29 is 9.21 Å². The predicted molar refractivity (Wildman–Crippen MR) is 94.3 cm³/mol. The smallest absolute Gasteiger partial charge is 0.321 e. The zero-order chi connectivity index (χ0) is 17.6. The minimum atomic E-state index is -0.320. The Morgan fingerprint density at radius 1 is 1.40 bits per heavy atom. The lowest BCUT2D eigenvalue weighted by atomic mass is 9.96. The molecule has 3 rings (SSSR count). The topological polar surface area (TPSA) is 88.2 Å². The summed E-state index contributed by atoms with van der Waals surface area (Å²) in [4.78, 5) is 18.3. The minimum absolute atomic E-state index is 0.0338. The highest BCUT2D eigenvalue weighted by Gasteiger charge is 2.19. The number of hydrogen-bond acceptors (Lipinski definition) is 5. The van der Waals surface area contributed by atoms with Crippen molar-refractivity contribution in [1.82, 2.24) is 25.0 Å². The summed E-state index contributed by atoms with van der Waals surface area (Å²) in [6, 6.07) is 3.79. The lowest BCUT2D eigenvalue weighted by Crippen LogP contribution is -2.37. The summed E-state index contributed by atoms with van der Waals surface area (Å²) in [7, 11) is 3.89. The van der Waals surface area contributed by atoms with E-state index in [1.54, 1.807) is 12.6 Å². The summed E-state index contributed by atoms with van der Waals surface area (Å²) in [5, 5.41) is 9.94. The van der Waals surface area contributed by atoms with Crippen LogP contribution in [0.2, 0.25) is 0 Å². The molecule has 2 amide bonds. The van der Waals surface area contributed by atoms with Crippen molar-refractivity contribution in [2.45, 2.75) is 44.2 Å². The molecular weight excluding hydrogens is 320 g/mol. The van der Waals surface area contributed by atoms with Crippen molar-refractivity contribution in [2.75, 3.05) is 26.0 Å². The van der Waals surface area contributed by atoms with Gasteiger partial charge in [0.05, 0.1) is 18.3 Å². The Hall–Kier alpha value is -2.35. The van der Waals surface area contributed by atoms with E-state index in [0.717, 1.165) is 18.6 Å². The van der Waals surface area contributed by atoms with Crippen LogP contribution in [0.15, 0.2) is 29.1 Å². The molecule has 1 atom stereocenters. The largest absolute Gasteiger partial charge is 0.468 e. The van der Waals surface area contributed by atoms with Gasteiger partial charge in [-0.05, 0) is 39.1 Å². The number of nitrogens with one attached hydrogen (secondary N) is 2. The van der Waals surface area contributed by atoms with Gasteiger partial charge in [-0.15, -0.1) is 5.10 Å². The zero-order valence-corrected chi connectivity index (χ0v) is 14.8. The number of amides is 2. The van der Waals surface area contributed by atoms with Crippen molar-refractivity contribution >= 4 is 12.0 Å². The third-order valence-electron chi connectivity index (χ3n) is 4.63. The van der Waals surface area contributed by atoms with Crippen LogP contribution in [0.25, 0.3) is 0 Å². The first kappa shape index (κ1) is 17.5. The lowest BCUT2D eigenvalue weighted by Gasteiger charge is -2.22. The van der Waals surface area contributed by atoms with E-state index in [-0.39, 0.29) is 12.1 Å². The van der Waals surface area contributed by atoms with Gasteiger partial charge in [-0.25, -0.2) is 14.5 Å². The number of hydrogen-bond donors (Lipinski definition) is 2. The molecule has 1 aliphatic carbocycles. The molecule has 0 spiro atoms. The molecule has 0 saturated heterocycles. The molecule has 2 heterocycles. The zero-order valence-electron chi connectivity index (χ0n) is 14.8. The van der Waals surface area contributed by atoms with Gasteiger partial charge in [0.1, 0.15) is 12.1 Å². The number of anilines is 1. The standard InChI is InChI=1S/C17H26N6O2/c1-22(2)14(15-9-6-10-25-15)11-18-17(24)20-16-19-12-23(21-16)13-7-4-3-5-8-13/h6,9-10,12-14H,3-5,7-8,11H2,1-2H3,(H2,18,20,21,24). The first-order valence-corrected chi connectivity index (χ1v) is 8.79. The van der Waals surface area contributed by atoms with Crippen LogP contribution < -0.4 is 10.6 Å². The molecule has 1 fully saturated rings. The van der Waals surface area contributed by atoms with Crippen LogP contribution >= 0.6 is 0 Å². The number of carbonyl (C=O) groups excluding carboxylic acids is 1. The average Bonchev–Trinajstić information content (AvgIpc) is 3.28. The highest BCUT2D eigenvalue weighted by atomic mass is 16.3. The van der Waals surface area contributed by atoms with Crippen LogP contribution in [0.3, 0.4) is 0 Å². The van der Waals surface area contributed by atoms with Crippen LogP contribution in [0.1, 0.15) is 49.9 Å². The quantitative estimate of drug-likeness (QED) is 0.840. The SMILES string of the molecule is CN(C)C(CNC(=O)Nc1ncn(C2CCCCC2)n1)c1ccco1. The first-order chi connectivity index (χ1) is 12.1. The fourth-order valence-corrected chi connectivity index (χ4v) is 3.21. The number of aromatic nitrogens is 3. The van der Waals surface area contributed by atoms with E-state index in [4.69, 9.17) is 4.42 Å². The molecule has 1 saturated carbocycles. The molecule has 1 unspecified atom stereocenters. The normalized spacial score (nSPS) is 16.8. The number of furan rings is 1. The van der Waals surface area contributed by atoms with Crippen LogP contribution in [0.4, 0.5) is 10.7 Å². The molecule has 0 radical (unpaired) electrons. The minimum Gasteiger partial charge on any atom is -0.468 e. The third kappa shape index (κ3) is 4.60. The number of rotatable bonds is 6. The van der Waals surface area contributed by atoms with Gasteiger partial charge in [-0.3, -0.25) is 10.2 Å². The van der Waals surface area contributed by atoms with Crippen molar-refractivity contribution in [3.63, 3.8) is 0 Å². The maximum atomic E-state index is 12.1. The second kappa shape index (κ2) is 8.15. The van der Waals surface area contributed by atoms with Crippen molar-refractivity contribution in [3.8, 4) is 0 Å². The van der Waals surface area contributed by atoms with Crippen LogP contribution in [0.5, 0.6) is 0 Å². The van der Waals surface area contributed by atoms with E-state index >= 15 is 0 Å². The number of carbonyl (C=O) groups is 1. The number of nitrogens with zero attached hydrogens (tertiary/aromatic N) is 4. The second-order valence-corrected chi connectivity index (χ2v) is 6.67. The molecular formula is C17H26N6O2. The maximum absolute atomic E-state index is 12.1. The van der Waals surface area contributed by atoms with Crippen molar-refractivity contribution in [1.29, 1.82) is 0 Å². The summed E-state index contributed by atoms with van der Waals surface area (Å²) in [6.07, 6.45) is 9.34. The van der Waals surface area contributed by atoms with E-state index in [2.05, 4.69) is 20.7 Å². The Labute approximate surface area is 147 Å². The molecule has 0 bridgehead atoms. The summed E-state index contributed by atoms with van der Waals surface area (Å²) >= 11 is 0.